The average molecular weight is 446 g/mol. The van der Waals surface area contributed by atoms with Crippen LogP contribution >= 0.6 is 0 Å². The number of rotatable bonds is 6. The van der Waals surface area contributed by atoms with Gasteiger partial charge in [0, 0.05) is 29.1 Å². The number of ether oxygens (including phenoxy) is 1. The summed E-state index contributed by atoms with van der Waals surface area (Å²) < 4.78 is 19.0. The van der Waals surface area contributed by atoms with Crippen LogP contribution in [0.3, 0.4) is 0 Å². The maximum absolute atomic E-state index is 13.5. The number of H-pyrrole nitrogens is 1. The highest BCUT2D eigenvalue weighted by Gasteiger charge is 2.18. The molecule has 168 valence electrons. The van der Waals surface area contributed by atoms with E-state index in [0.717, 1.165) is 36.1 Å². The number of aromatic nitrogens is 3. The Balaban J connectivity index is 1.36. The van der Waals surface area contributed by atoms with Gasteiger partial charge in [-0.25, -0.2) is 9.37 Å². The first-order chi connectivity index (χ1) is 16.1. The molecular weight excluding hydrogens is 423 g/mol. The molecule has 4 aromatic rings. The molecule has 2 aromatic heterocycles. The van der Waals surface area contributed by atoms with E-state index >= 15 is 0 Å². The van der Waals surface area contributed by atoms with Crippen LogP contribution in [-0.2, 0) is 0 Å². The molecule has 1 aliphatic heterocycles. The lowest BCUT2D eigenvalue weighted by Gasteiger charge is -2.14. The number of halogens is 1. The predicted octanol–water partition coefficient (Wildman–Crippen LogP) is 3.61. The van der Waals surface area contributed by atoms with E-state index in [1.54, 1.807) is 43.8 Å². The summed E-state index contributed by atoms with van der Waals surface area (Å²) >= 11 is 0. The third-order valence-corrected chi connectivity index (χ3v) is 5.62. The summed E-state index contributed by atoms with van der Waals surface area (Å²) in [4.78, 5) is 24.7. The minimum absolute atomic E-state index is 0.134. The second-order valence-corrected chi connectivity index (χ2v) is 7.91. The number of carbonyl (C=O) groups excluding carboxylic acids is 1. The van der Waals surface area contributed by atoms with Crippen molar-refractivity contribution in [2.24, 2.45) is 0 Å². The number of carbonyl (C=O) groups is 1. The number of benzene rings is 2. The normalized spacial score (nSPS) is 15.5. The molecule has 9 heteroatoms. The molecule has 0 radical (unpaired) electrons. The van der Waals surface area contributed by atoms with Crippen molar-refractivity contribution >= 4 is 28.3 Å². The van der Waals surface area contributed by atoms with Crippen LogP contribution in [0.2, 0.25) is 0 Å². The second kappa shape index (κ2) is 8.87. The molecule has 1 fully saturated rings. The number of aromatic amines is 1. The number of amides is 1. The Labute approximate surface area is 189 Å². The van der Waals surface area contributed by atoms with Crippen molar-refractivity contribution in [2.75, 3.05) is 25.5 Å². The zero-order chi connectivity index (χ0) is 22.8. The number of nitrogens with zero attached hydrogens (tertiary/aromatic N) is 2. The van der Waals surface area contributed by atoms with Crippen LogP contribution < -0.4 is 20.7 Å². The molecule has 0 bridgehead atoms. The third-order valence-electron chi connectivity index (χ3n) is 5.62. The standard InChI is InChI=1S/C24H23FN6O2/c1-33-22-10-14(24(32)28-17-6-7-26-11-17)2-4-19(22)30-23-13-27-12-21(31-23)20-9-15-8-16(25)3-5-18(15)29-20/h2-5,8-10,12-13,17,26,29H,6-7,11H2,1H3,(H,28,32)(H,30,31). The lowest BCUT2D eigenvalue weighted by molar-refractivity contribution is 0.0939. The van der Waals surface area contributed by atoms with Gasteiger partial charge in [0.1, 0.15) is 23.1 Å². The first-order valence-electron chi connectivity index (χ1n) is 10.7. The largest absolute Gasteiger partial charge is 0.495 e. The van der Waals surface area contributed by atoms with Gasteiger partial charge in [0.2, 0.25) is 0 Å². The van der Waals surface area contributed by atoms with Crippen molar-refractivity contribution in [3.05, 3.63) is 66.2 Å². The van der Waals surface area contributed by atoms with Crippen LogP contribution in [0.15, 0.2) is 54.9 Å². The highest BCUT2D eigenvalue weighted by Crippen LogP contribution is 2.29. The molecule has 1 aliphatic rings. The monoisotopic (exact) mass is 446 g/mol. The van der Waals surface area contributed by atoms with Crippen molar-refractivity contribution in [2.45, 2.75) is 12.5 Å². The van der Waals surface area contributed by atoms with Crippen LogP contribution in [0.25, 0.3) is 22.3 Å². The van der Waals surface area contributed by atoms with E-state index in [1.165, 1.54) is 12.1 Å². The molecule has 0 aliphatic carbocycles. The van der Waals surface area contributed by atoms with Gasteiger partial charge in [-0.1, -0.05) is 0 Å². The van der Waals surface area contributed by atoms with Gasteiger partial charge in [-0.2, -0.15) is 0 Å². The number of fused-ring (bicyclic) bond motifs is 1. The molecule has 5 rings (SSSR count). The molecule has 1 saturated heterocycles. The van der Waals surface area contributed by atoms with Gasteiger partial charge in [-0.05, 0) is 55.4 Å². The van der Waals surface area contributed by atoms with Gasteiger partial charge in [0.05, 0.1) is 30.9 Å². The quantitative estimate of drug-likeness (QED) is 0.361. The average Bonchev–Trinajstić information content (AvgIpc) is 3.49. The van der Waals surface area contributed by atoms with Gasteiger partial charge < -0.3 is 25.7 Å². The lowest BCUT2D eigenvalue weighted by atomic mass is 10.1. The lowest BCUT2D eigenvalue weighted by Crippen LogP contribution is -2.36. The van der Waals surface area contributed by atoms with Crippen LogP contribution in [0.4, 0.5) is 15.9 Å². The van der Waals surface area contributed by atoms with Crippen molar-refractivity contribution in [1.82, 2.24) is 25.6 Å². The van der Waals surface area contributed by atoms with E-state index in [1.807, 2.05) is 6.07 Å². The molecule has 2 aromatic carbocycles. The number of hydrogen-bond acceptors (Lipinski definition) is 6. The minimum Gasteiger partial charge on any atom is -0.495 e. The van der Waals surface area contributed by atoms with E-state index in [9.17, 15) is 9.18 Å². The fourth-order valence-electron chi connectivity index (χ4n) is 3.92. The molecule has 1 amide bonds. The molecular formula is C24H23FN6O2. The topological polar surface area (TPSA) is 104 Å². The fraction of sp³-hybridized carbons (Fsp3) is 0.208. The molecule has 0 spiro atoms. The Hall–Kier alpha value is -3.98. The summed E-state index contributed by atoms with van der Waals surface area (Å²) in [5.74, 6) is 0.592. The molecule has 1 unspecified atom stereocenters. The van der Waals surface area contributed by atoms with Crippen molar-refractivity contribution in [3.63, 3.8) is 0 Å². The summed E-state index contributed by atoms with van der Waals surface area (Å²) in [6, 6.07) is 11.8. The third kappa shape index (κ3) is 4.49. The van der Waals surface area contributed by atoms with Gasteiger partial charge in [-0.15, -0.1) is 0 Å². The van der Waals surface area contributed by atoms with Gasteiger partial charge in [0.15, 0.2) is 0 Å². The van der Waals surface area contributed by atoms with E-state index < -0.39 is 0 Å². The first-order valence-corrected chi connectivity index (χ1v) is 10.7. The SMILES string of the molecule is COc1cc(C(=O)NC2CCNC2)ccc1Nc1cncc(-c2cc3cc(F)ccc3[nH]2)n1. The zero-order valence-corrected chi connectivity index (χ0v) is 18.0. The Kier molecular flexibility index (Phi) is 5.62. The smallest absolute Gasteiger partial charge is 0.251 e. The summed E-state index contributed by atoms with van der Waals surface area (Å²) in [5.41, 5.74) is 3.33. The summed E-state index contributed by atoms with van der Waals surface area (Å²) in [5, 5.41) is 10.2. The van der Waals surface area contributed by atoms with Crippen LogP contribution in [-0.4, -0.2) is 47.1 Å². The number of methoxy groups -OCH3 is 1. The molecule has 1 atom stereocenters. The molecule has 3 heterocycles. The second-order valence-electron chi connectivity index (χ2n) is 7.91. The molecule has 0 saturated carbocycles. The van der Waals surface area contributed by atoms with Crippen LogP contribution in [0.1, 0.15) is 16.8 Å². The summed E-state index contributed by atoms with van der Waals surface area (Å²) in [7, 11) is 1.55. The number of hydrogen-bond donors (Lipinski definition) is 4. The highest BCUT2D eigenvalue weighted by atomic mass is 19.1. The van der Waals surface area contributed by atoms with Crippen molar-refractivity contribution in [3.8, 4) is 17.1 Å². The van der Waals surface area contributed by atoms with Crippen molar-refractivity contribution < 1.29 is 13.9 Å². The van der Waals surface area contributed by atoms with Gasteiger partial charge in [0.25, 0.3) is 5.91 Å². The summed E-state index contributed by atoms with van der Waals surface area (Å²) in [6.45, 7) is 1.69. The molecule has 4 N–H and O–H groups in total. The Morgan fingerprint density at radius 1 is 1.18 bits per heavy atom. The van der Waals surface area contributed by atoms with Gasteiger partial charge in [-0.3, -0.25) is 9.78 Å². The van der Waals surface area contributed by atoms with Crippen molar-refractivity contribution in [1.29, 1.82) is 0 Å². The van der Waals surface area contributed by atoms with Gasteiger partial charge >= 0.3 is 0 Å². The minimum atomic E-state index is -0.293. The summed E-state index contributed by atoms with van der Waals surface area (Å²) in [6.07, 6.45) is 4.15. The first kappa shape index (κ1) is 20.9. The molecule has 8 nitrogen and oxygen atoms in total. The Morgan fingerprint density at radius 3 is 2.91 bits per heavy atom. The fourth-order valence-corrected chi connectivity index (χ4v) is 3.92. The van der Waals surface area contributed by atoms with E-state index in [-0.39, 0.29) is 17.8 Å². The number of nitrogens with one attached hydrogen (secondary N) is 4. The highest BCUT2D eigenvalue weighted by molar-refractivity contribution is 5.95. The van der Waals surface area contributed by atoms with E-state index in [4.69, 9.17) is 4.74 Å². The maximum Gasteiger partial charge on any atom is 0.251 e. The number of anilines is 2. The van der Waals surface area contributed by atoms with Crippen LogP contribution in [0.5, 0.6) is 5.75 Å². The van der Waals surface area contributed by atoms with Crippen LogP contribution in [0, 0.1) is 5.82 Å². The Morgan fingerprint density at radius 2 is 2.09 bits per heavy atom. The predicted molar refractivity (Wildman–Crippen MR) is 124 cm³/mol. The van der Waals surface area contributed by atoms with E-state index in [0.29, 0.717) is 28.5 Å². The zero-order valence-electron chi connectivity index (χ0n) is 18.0. The molecule has 33 heavy (non-hydrogen) atoms. The Bertz CT molecular complexity index is 1320. The van der Waals surface area contributed by atoms with E-state index in [2.05, 4.69) is 30.9 Å². The maximum atomic E-state index is 13.5.